The fourth-order valence-electron chi connectivity index (χ4n) is 3.90. The number of benzene rings is 3. The molecule has 0 N–H and O–H groups in total. The Morgan fingerprint density at radius 1 is 0.963 bits per heavy atom. The van der Waals surface area contributed by atoms with Gasteiger partial charge in [0.1, 0.15) is 11.8 Å². The Bertz CT molecular complexity index is 1130. The molecule has 132 valence electrons. The lowest BCUT2D eigenvalue weighted by molar-refractivity contribution is -0.384. The van der Waals surface area contributed by atoms with E-state index >= 15 is 0 Å². The number of hydrogen-bond acceptors (Lipinski definition) is 4. The summed E-state index contributed by atoms with van der Waals surface area (Å²) in [5.74, 6) is 0.863. The average molecular weight is 356 g/mol. The maximum Gasteiger partial charge on any atom is 0.269 e. The van der Waals surface area contributed by atoms with Gasteiger partial charge in [0.2, 0.25) is 0 Å². The number of nitrogens with zero attached hydrogens (tertiary/aromatic N) is 2. The van der Waals surface area contributed by atoms with Crippen LogP contribution in [0.25, 0.3) is 10.8 Å². The van der Waals surface area contributed by atoms with Gasteiger partial charge >= 0.3 is 0 Å². The summed E-state index contributed by atoms with van der Waals surface area (Å²) in [6, 6.07) is 23.3. The number of fused-ring (bicyclic) bond motifs is 2. The highest BCUT2D eigenvalue weighted by molar-refractivity contribution is 5.85. The SMILES string of the molecule is O=[N+]([O-])c1ccc(N2Cc3cc4ccccc4cc3C2c2ccco2)cc1. The third kappa shape index (κ3) is 2.56. The highest BCUT2D eigenvalue weighted by Crippen LogP contribution is 2.43. The minimum absolute atomic E-state index is 0.0546. The van der Waals surface area contributed by atoms with Gasteiger partial charge in [-0.1, -0.05) is 24.3 Å². The molecule has 0 amide bonds. The fraction of sp³-hybridized carbons (Fsp3) is 0.0909. The second kappa shape index (κ2) is 5.99. The predicted octanol–water partition coefficient (Wildman–Crippen LogP) is 5.45. The molecule has 5 heteroatoms. The largest absolute Gasteiger partial charge is 0.467 e. The summed E-state index contributed by atoms with van der Waals surface area (Å²) >= 11 is 0. The molecule has 1 unspecified atom stereocenters. The lowest BCUT2D eigenvalue weighted by Gasteiger charge is -2.25. The number of non-ortho nitro benzene ring substituents is 1. The normalized spacial score (nSPS) is 15.9. The fourth-order valence-corrected chi connectivity index (χ4v) is 3.90. The third-order valence-corrected chi connectivity index (χ3v) is 5.16. The molecule has 0 bridgehead atoms. The summed E-state index contributed by atoms with van der Waals surface area (Å²) in [4.78, 5) is 12.8. The molecule has 0 saturated carbocycles. The summed E-state index contributed by atoms with van der Waals surface area (Å²) in [5, 5.41) is 13.4. The standard InChI is InChI=1S/C22H16N2O3/c25-24(26)19-9-7-18(8-10-19)23-14-17-12-15-4-1-2-5-16(15)13-20(17)22(23)21-6-3-11-27-21/h1-13,22H,14H2. The van der Waals surface area contributed by atoms with Crippen LogP contribution in [0, 0.1) is 10.1 Å². The van der Waals surface area contributed by atoms with E-state index in [-0.39, 0.29) is 16.7 Å². The lowest BCUT2D eigenvalue weighted by Crippen LogP contribution is -2.21. The van der Waals surface area contributed by atoms with Gasteiger partial charge in [0.25, 0.3) is 5.69 Å². The van der Waals surface area contributed by atoms with Crippen molar-refractivity contribution >= 4 is 22.1 Å². The maximum atomic E-state index is 11.0. The van der Waals surface area contributed by atoms with Crippen molar-refractivity contribution in [3.05, 3.63) is 106 Å². The van der Waals surface area contributed by atoms with Gasteiger partial charge in [-0.05, 0) is 58.3 Å². The maximum absolute atomic E-state index is 11.0. The number of furan rings is 1. The molecule has 1 aliphatic rings. The third-order valence-electron chi connectivity index (χ3n) is 5.16. The van der Waals surface area contributed by atoms with E-state index in [2.05, 4.69) is 29.2 Å². The first-order valence-corrected chi connectivity index (χ1v) is 8.77. The highest BCUT2D eigenvalue weighted by Gasteiger charge is 2.34. The molecule has 4 aromatic rings. The van der Waals surface area contributed by atoms with E-state index in [1.165, 1.54) is 21.9 Å². The first kappa shape index (κ1) is 15.6. The molecule has 5 nitrogen and oxygen atoms in total. The van der Waals surface area contributed by atoms with Gasteiger partial charge in [0.15, 0.2) is 0 Å². The van der Waals surface area contributed by atoms with Crippen LogP contribution in [-0.4, -0.2) is 4.92 Å². The van der Waals surface area contributed by atoms with Crippen molar-refractivity contribution in [3.63, 3.8) is 0 Å². The Balaban J connectivity index is 1.64. The Hall–Kier alpha value is -3.60. The molecular formula is C22H16N2O3. The molecule has 0 radical (unpaired) electrons. The number of hydrogen-bond donors (Lipinski definition) is 0. The summed E-state index contributed by atoms with van der Waals surface area (Å²) in [5.41, 5.74) is 3.48. The van der Waals surface area contributed by atoms with E-state index in [1.54, 1.807) is 30.5 Å². The number of nitro benzene ring substituents is 1. The Labute approximate surface area is 155 Å². The minimum Gasteiger partial charge on any atom is -0.467 e. The number of rotatable bonds is 3. The van der Waals surface area contributed by atoms with Crippen LogP contribution in [0.15, 0.2) is 83.5 Å². The monoisotopic (exact) mass is 356 g/mol. The zero-order chi connectivity index (χ0) is 18.4. The summed E-state index contributed by atoms with van der Waals surface area (Å²) < 4.78 is 5.75. The van der Waals surface area contributed by atoms with Crippen LogP contribution in [0.4, 0.5) is 11.4 Å². The molecule has 0 saturated heterocycles. The van der Waals surface area contributed by atoms with Crippen molar-refractivity contribution in [2.75, 3.05) is 4.90 Å². The van der Waals surface area contributed by atoms with Crippen LogP contribution in [0.1, 0.15) is 22.9 Å². The van der Waals surface area contributed by atoms with Crippen molar-refractivity contribution in [3.8, 4) is 0 Å². The van der Waals surface area contributed by atoms with Crippen LogP contribution < -0.4 is 4.90 Å². The zero-order valence-electron chi connectivity index (χ0n) is 14.4. The van der Waals surface area contributed by atoms with E-state index in [0.717, 1.165) is 18.0 Å². The summed E-state index contributed by atoms with van der Waals surface area (Å²) in [7, 11) is 0. The second-order valence-corrected chi connectivity index (χ2v) is 6.72. The molecule has 1 aliphatic heterocycles. The smallest absolute Gasteiger partial charge is 0.269 e. The van der Waals surface area contributed by atoms with E-state index in [9.17, 15) is 10.1 Å². The predicted molar refractivity (Wildman–Crippen MR) is 104 cm³/mol. The van der Waals surface area contributed by atoms with Crippen molar-refractivity contribution in [2.24, 2.45) is 0 Å². The molecule has 0 fully saturated rings. The topological polar surface area (TPSA) is 59.5 Å². The molecular weight excluding hydrogens is 340 g/mol. The molecule has 2 heterocycles. The molecule has 0 aliphatic carbocycles. The molecule has 0 spiro atoms. The zero-order valence-corrected chi connectivity index (χ0v) is 14.4. The van der Waals surface area contributed by atoms with Crippen molar-refractivity contribution in [1.82, 2.24) is 0 Å². The van der Waals surface area contributed by atoms with Crippen molar-refractivity contribution in [2.45, 2.75) is 12.6 Å². The van der Waals surface area contributed by atoms with Crippen LogP contribution >= 0.6 is 0 Å². The van der Waals surface area contributed by atoms with E-state index in [0.29, 0.717) is 0 Å². The molecule has 5 rings (SSSR count). The average Bonchev–Trinajstić information content (AvgIpc) is 3.33. The van der Waals surface area contributed by atoms with Crippen LogP contribution in [0.2, 0.25) is 0 Å². The van der Waals surface area contributed by atoms with Gasteiger partial charge < -0.3 is 9.32 Å². The van der Waals surface area contributed by atoms with E-state index in [1.807, 2.05) is 24.3 Å². The molecule has 3 aromatic carbocycles. The first-order valence-electron chi connectivity index (χ1n) is 8.77. The minimum atomic E-state index is -0.376. The van der Waals surface area contributed by atoms with Crippen molar-refractivity contribution < 1.29 is 9.34 Å². The van der Waals surface area contributed by atoms with Crippen LogP contribution in [-0.2, 0) is 6.54 Å². The van der Waals surface area contributed by atoms with Gasteiger partial charge in [-0.15, -0.1) is 0 Å². The molecule has 1 atom stereocenters. The van der Waals surface area contributed by atoms with Crippen LogP contribution in [0.3, 0.4) is 0 Å². The quantitative estimate of drug-likeness (QED) is 0.362. The summed E-state index contributed by atoms with van der Waals surface area (Å²) in [6.07, 6.45) is 1.68. The van der Waals surface area contributed by atoms with Gasteiger partial charge in [0.05, 0.1) is 11.2 Å². The summed E-state index contributed by atoms with van der Waals surface area (Å²) in [6.45, 7) is 0.726. The van der Waals surface area contributed by atoms with Gasteiger partial charge in [-0.25, -0.2) is 0 Å². The molecule has 1 aromatic heterocycles. The Kier molecular flexibility index (Phi) is 3.47. The van der Waals surface area contributed by atoms with Crippen LogP contribution in [0.5, 0.6) is 0 Å². The van der Waals surface area contributed by atoms with E-state index < -0.39 is 0 Å². The Morgan fingerprint density at radius 3 is 2.37 bits per heavy atom. The molecule has 27 heavy (non-hydrogen) atoms. The highest BCUT2D eigenvalue weighted by atomic mass is 16.6. The van der Waals surface area contributed by atoms with E-state index in [4.69, 9.17) is 4.42 Å². The van der Waals surface area contributed by atoms with Gasteiger partial charge in [-0.2, -0.15) is 0 Å². The second-order valence-electron chi connectivity index (χ2n) is 6.72. The Morgan fingerprint density at radius 2 is 1.70 bits per heavy atom. The van der Waals surface area contributed by atoms with Gasteiger partial charge in [-0.3, -0.25) is 10.1 Å². The number of nitro groups is 1. The first-order chi connectivity index (χ1) is 13.2. The van der Waals surface area contributed by atoms with Crippen molar-refractivity contribution in [1.29, 1.82) is 0 Å². The lowest BCUT2D eigenvalue weighted by atomic mass is 9.98. The number of anilines is 1. The van der Waals surface area contributed by atoms with Gasteiger partial charge in [0, 0.05) is 24.4 Å².